The molecule has 12 rings (SSSR count). The van der Waals surface area contributed by atoms with Crippen LogP contribution in [0.1, 0.15) is 23.5 Å². The van der Waals surface area contributed by atoms with Crippen molar-refractivity contribution in [3.8, 4) is 45.3 Å². The van der Waals surface area contributed by atoms with E-state index in [9.17, 15) is 0 Å². The molecule has 0 spiro atoms. The van der Waals surface area contributed by atoms with Gasteiger partial charge in [0.1, 0.15) is 0 Å². The molecule has 290 valence electrons. The number of benzene rings is 9. The third-order valence-electron chi connectivity index (χ3n) is 12.4. The molecule has 1 aliphatic rings. The van der Waals surface area contributed by atoms with Gasteiger partial charge in [0.25, 0.3) is 0 Å². The summed E-state index contributed by atoms with van der Waals surface area (Å²) in [5, 5.41) is 10.8. The Labute approximate surface area is 359 Å². The molecule has 2 aromatic heterocycles. The number of nitrogens with zero attached hydrogens (tertiary/aromatic N) is 4. The van der Waals surface area contributed by atoms with Crippen LogP contribution in [-0.4, -0.2) is 19.9 Å². The molecule has 0 radical (unpaired) electrons. The SMILES string of the molecule is C1=CC(c2cc(-c3nc(-c4ccc5ccccc5c4)nc(-c4ccc5ccccc5c4)n3)cc(-c3cccc4cccnc34)c2)CC=C1c1cc2ccccc2c2ccccc12. The Balaban J connectivity index is 1.02. The molecular formula is C58H38N4. The monoisotopic (exact) mass is 790 g/mol. The maximum Gasteiger partial charge on any atom is 0.164 e. The van der Waals surface area contributed by atoms with E-state index in [4.69, 9.17) is 19.9 Å². The highest BCUT2D eigenvalue weighted by Crippen LogP contribution is 2.40. The standard InChI is InChI=1S/C58H38N4/c1-3-13-42-31-45(28-24-37(42)11-1)56-60-57(46-29-25-38-12-2-4-14-43(38)32-46)62-58(61-56)49-34-47(33-48(35-49)51-21-9-16-41-17-10-30-59-55(41)51)39-22-26-40(27-23-39)54-36-44-15-5-6-18-50(44)52-19-7-8-20-53(52)54/h1-22,24-36,39H,23H2. The van der Waals surface area contributed by atoms with Gasteiger partial charge in [0.2, 0.25) is 0 Å². The first-order valence-electron chi connectivity index (χ1n) is 21.2. The second kappa shape index (κ2) is 14.9. The Morgan fingerprint density at radius 2 is 0.968 bits per heavy atom. The molecule has 0 bridgehead atoms. The highest BCUT2D eigenvalue weighted by Gasteiger charge is 2.20. The lowest BCUT2D eigenvalue weighted by Gasteiger charge is -2.20. The van der Waals surface area contributed by atoms with E-state index in [1.54, 1.807) is 0 Å². The average Bonchev–Trinajstić information content (AvgIpc) is 3.35. The zero-order valence-electron chi connectivity index (χ0n) is 33.8. The van der Waals surface area contributed by atoms with E-state index in [-0.39, 0.29) is 5.92 Å². The van der Waals surface area contributed by atoms with Gasteiger partial charge in [-0.25, -0.2) is 15.0 Å². The zero-order chi connectivity index (χ0) is 41.0. The molecule has 0 N–H and O–H groups in total. The minimum absolute atomic E-state index is 0.133. The Bertz CT molecular complexity index is 3540. The summed E-state index contributed by atoms with van der Waals surface area (Å²) >= 11 is 0. The fourth-order valence-electron chi connectivity index (χ4n) is 9.27. The summed E-state index contributed by atoms with van der Waals surface area (Å²) in [6.07, 6.45) is 9.82. The third kappa shape index (κ3) is 6.41. The van der Waals surface area contributed by atoms with Crippen molar-refractivity contribution < 1.29 is 0 Å². The third-order valence-corrected chi connectivity index (χ3v) is 12.4. The average molecular weight is 791 g/mol. The van der Waals surface area contributed by atoms with Crippen molar-refractivity contribution in [2.75, 3.05) is 0 Å². The quantitative estimate of drug-likeness (QED) is 0.157. The summed E-state index contributed by atoms with van der Waals surface area (Å²) in [5.74, 6) is 2.03. The summed E-state index contributed by atoms with van der Waals surface area (Å²) in [5.41, 5.74) is 9.63. The molecule has 0 amide bonds. The van der Waals surface area contributed by atoms with Crippen LogP contribution in [0.15, 0.2) is 212 Å². The molecule has 0 saturated heterocycles. The molecule has 1 unspecified atom stereocenters. The summed E-state index contributed by atoms with van der Waals surface area (Å²) < 4.78 is 0. The summed E-state index contributed by atoms with van der Waals surface area (Å²) in [7, 11) is 0. The Hall–Kier alpha value is -8.08. The maximum atomic E-state index is 5.29. The van der Waals surface area contributed by atoms with Gasteiger partial charge in [-0.3, -0.25) is 4.98 Å². The van der Waals surface area contributed by atoms with Gasteiger partial charge in [-0.2, -0.15) is 0 Å². The van der Waals surface area contributed by atoms with Crippen LogP contribution in [0.4, 0.5) is 0 Å². The number of aromatic nitrogens is 4. The molecule has 0 fully saturated rings. The van der Waals surface area contributed by atoms with Crippen LogP contribution in [0.25, 0.3) is 105 Å². The predicted octanol–water partition coefficient (Wildman–Crippen LogP) is 14.8. The Morgan fingerprint density at radius 1 is 0.387 bits per heavy atom. The van der Waals surface area contributed by atoms with E-state index < -0.39 is 0 Å². The predicted molar refractivity (Wildman–Crippen MR) is 258 cm³/mol. The van der Waals surface area contributed by atoms with Crippen LogP contribution in [-0.2, 0) is 0 Å². The number of hydrogen-bond acceptors (Lipinski definition) is 4. The molecule has 11 aromatic rings. The first-order valence-corrected chi connectivity index (χ1v) is 21.2. The van der Waals surface area contributed by atoms with Gasteiger partial charge in [-0.1, -0.05) is 170 Å². The molecule has 4 nitrogen and oxygen atoms in total. The van der Waals surface area contributed by atoms with Gasteiger partial charge in [-0.05, 0) is 108 Å². The molecule has 4 heteroatoms. The summed E-state index contributed by atoms with van der Waals surface area (Å²) in [6, 6.07) is 66.9. The number of fused-ring (bicyclic) bond motifs is 6. The molecule has 62 heavy (non-hydrogen) atoms. The van der Waals surface area contributed by atoms with Gasteiger partial charge >= 0.3 is 0 Å². The second-order valence-corrected chi connectivity index (χ2v) is 16.2. The number of para-hydroxylation sites is 1. The molecule has 0 aliphatic heterocycles. The highest BCUT2D eigenvalue weighted by molar-refractivity contribution is 6.12. The largest absolute Gasteiger partial charge is 0.256 e. The van der Waals surface area contributed by atoms with Crippen molar-refractivity contribution in [3.05, 3.63) is 224 Å². The molecule has 0 saturated carbocycles. The van der Waals surface area contributed by atoms with Crippen LogP contribution in [0.5, 0.6) is 0 Å². The van der Waals surface area contributed by atoms with Crippen LogP contribution in [0.2, 0.25) is 0 Å². The van der Waals surface area contributed by atoms with E-state index in [0.29, 0.717) is 17.5 Å². The van der Waals surface area contributed by atoms with Crippen molar-refractivity contribution in [2.45, 2.75) is 12.3 Å². The summed E-state index contributed by atoms with van der Waals surface area (Å²) in [4.78, 5) is 20.6. The number of pyridine rings is 1. The number of rotatable bonds is 6. The zero-order valence-corrected chi connectivity index (χ0v) is 33.8. The van der Waals surface area contributed by atoms with Gasteiger partial charge in [-0.15, -0.1) is 0 Å². The molecule has 2 heterocycles. The van der Waals surface area contributed by atoms with Crippen LogP contribution >= 0.6 is 0 Å². The fraction of sp³-hybridized carbons (Fsp3) is 0.0345. The maximum absolute atomic E-state index is 5.29. The molecule has 1 atom stereocenters. The van der Waals surface area contributed by atoms with E-state index in [1.165, 1.54) is 49.0 Å². The smallest absolute Gasteiger partial charge is 0.164 e. The van der Waals surface area contributed by atoms with E-state index >= 15 is 0 Å². The van der Waals surface area contributed by atoms with E-state index in [2.05, 4.69) is 200 Å². The highest BCUT2D eigenvalue weighted by atomic mass is 15.0. The number of hydrogen-bond donors (Lipinski definition) is 0. The lowest BCUT2D eigenvalue weighted by atomic mass is 9.84. The van der Waals surface area contributed by atoms with Crippen molar-refractivity contribution in [1.82, 2.24) is 19.9 Å². The van der Waals surface area contributed by atoms with Crippen molar-refractivity contribution in [3.63, 3.8) is 0 Å². The first kappa shape index (κ1) is 35.8. The Morgan fingerprint density at radius 3 is 1.66 bits per heavy atom. The van der Waals surface area contributed by atoms with Gasteiger partial charge in [0.05, 0.1) is 5.52 Å². The second-order valence-electron chi connectivity index (χ2n) is 16.2. The van der Waals surface area contributed by atoms with Crippen LogP contribution < -0.4 is 0 Å². The lowest BCUT2D eigenvalue weighted by Crippen LogP contribution is -2.03. The van der Waals surface area contributed by atoms with Gasteiger partial charge in [0.15, 0.2) is 17.5 Å². The lowest BCUT2D eigenvalue weighted by molar-refractivity contribution is 0.857. The molecule has 9 aromatic carbocycles. The van der Waals surface area contributed by atoms with Crippen molar-refractivity contribution in [1.29, 1.82) is 0 Å². The van der Waals surface area contributed by atoms with Crippen molar-refractivity contribution in [2.24, 2.45) is 0 Å². The van der Waals surface area contributed by atoms with E-state index in [1.807, 2.05) is 12.3 Å². The van der Waals surface area contributed by atoms with Crippen LogP contribution in [0.3, 0.4) is 0 Å². The van der Waals surface area contributed by atoms with E-state index in [0.717, 1.165) is 55.9 Å². The molecule has 1 aliphatic carbocycles. The normalized spacial score (nSPS) is 13.9. The fourth-order valence-corrected chi connectivity index (χ4v) is 9.27. The Kier molecular flexibility index (Phi) is 8.60. The minimum atomic E-state index is 0.133. The number of allylic oxidation sites excluding steroid dienone is 4. The topological polar surface area (TPSA) is 51.6 Å². The molecular weight excluding hydrogens is 753 g/mol. The van der Waals surface area contributed by atoms with Gasteiger partial charge < -0.3 is 0 Å². The first-order chi connectivity index (χ1) is 30.7. The van der Waals surface area contributed by atoms with Gasteiger partial charge in [0, 0.05) is 39.8 Å². The van der Waals surface area contributed by atoms with Crippen LogP contribution in [0, 0.1) is 0 Å². The van der Waals surface area contributed by atoms with Crippen molar-refractivity contribution >= 4 is 59.6 Å². The summed E-state index contributed by atoms with van der Waals surface area (Å²) in [6.45, 7) is 0. The minimum Gasteiger partial charge on any atom is -0.256 e.